The number of carbonyl (C=O) groups is 1. The number of nitrogens with two attached hydrogens (primary N) is 1. The fourth-order valence-corrected chi connectivity index (χ4v) is 4.44. The van der Waals surface area contributed by atoms with Crippen LogP contribution in [0, 0.1) is 0 Å². The van der Waals surface area contributed by atoms with E-state index >= 15 is 0 Å². The van der Waals surface area contributed by atoms with Crippen molar-refractivity contribution in [3.8, 4) is 0 Å². The Morgan fingerprint density at radius 2 is 1.16 bits per heavy atom. The van der Waals surface area contributed by atoms with Crippen molar-refractivity contribution in [1.82, 2.24) is 0 Å². The molecule has 0 radical (unpaired) electrons. The van der Waals surface area contributed by atoms with E-state index in [9.17, 15) is 14.3 Å². The van der Waals surface area contributed by atoms with Crippen LogP contribution in [-0.2, 0) is 27.9 Å². The highest BCUT2D eigenvalue weighted by molar-refractivity contribution is 7.47. The molecule has 9 heteroatoms. The number of carbonyl (C=O) groups excluding carboxylic acids is 1. The summed E-state index contributed by atoms with van der Waals surface area (Å²) in [7, 11) is -4.24. The van der Waals surface area contributed by atoms with Gasteiger partial charge in [0.05, 0.1) is 19.8 Å². The highest BCUT2D eigenvalue weighted by Gasteiger charge is 2.24. The Hall–Kier alpha value is -2.32. The van der Waals surface area contributed by atoms with Crippen molar-refractivity contribution in [3.05, 3.63) is 85.1 Å². The van der Waals surface area contributed by atoms with Gasteiger partial charge >= 0.3 is 13.8 Å². The van der Waals surface area contributed by atoms with Gasteiger partial charge in [0.2, 0.25) is 0 Å². The Morgan fingerprint density at radius 1 is 0.682 bits per heavy atom. The van der Waals surface area contributed by atoms with Gasteiger partial charge in [-0.1, -0.05) is 105 Å². The molecule has 0 spiro atoms. The molecule has 0 fully saturated rings. The number of rotatable bonds is 29. The highest BCUT2D eigenvalue weighted by Crippen LogP contribution is 2.43. The third-order valence-electron chi connectivity index (χ3n) is 5.88. The van der Waals surface area contributed by atoms with E-state index in [1.807, 2.05) is 0 Å². The lowest BCUT2D eigenvalue weighted by atomic mass is 10.1. The number of hydrogen-bond donors (Lipinski definition) is 2. The standard InChI is InChI=1S/C35H58NO7P/c1-3-4-5-6-7-8-9-10-11-12-13-14-15-16-17-18-19-20-21-22-23-24-25-26-27-28-30-40-32-35(43-34(2)37)33-42-44(38,39)41-31-29-36/h4-5,7-8,10-11,13-14,16-17,19-20,22-23,35H,3,6,9,12,15,18,21,24-33,36H2,1-2H3,(H,38,39)/b5-4-,8-7-,11-10-,14-13-,17-16-,20-19-,23-22-. The van der Waals surface area contributed by atoms with Gasteiger partial charge in [0.1, 0.15) is 6.10 Å². The molecular formula is C35H58NO7P. The average Bonchev–Trinajstić information content (AvgIpc) is 3.00. The van der Waals surface area contributed by atoms with Crippen LogP contribution in [-0.4, -0.2) is 49.9 Å². The monoisotopic (exact) mass is 635 g/mol. The molecular weight excluding hydrogens is 577 g/mol. The molecule has 0 aromatic carbocycles. The first-order valence-corrected chi connectivity index (χ1v) is 17.5. The van der Waals surface area contributed by atoms with Crippen LogP contribution in [0.2, 0.25) is 0 Å². The molecule has 0 saturated carbocycles. The molecule has 8 nitrogen and oxygen atoms in total. The SMILES string of the molecule is CC/C=C\C/C=C\C/C=C\C/C=C\C/C=C\C/C=C\C/C=C\CCCCCCOCC(COP(=O)(O)OCCN)OC(C)=O. The number of phosphoric acid groups is 1. The lowest BCUT2D eigenvalue weighted by molar-refractivity contribution is -0.151. The van der Waals surface area contributed by atoms with Crippen molar-refractivity contribution in [2.24, 2.45) is 5.73 Å². The molecule has 0 aromatic rings. The molecule has 44 heavy (non-hydrogen) atoms. The van der Waals surface area contributed by atoms with Gasteiger partial charge in [-0.3, -0.25) is 13.8 Å². The predicted molar refractivity (Wildman–Crippen MR) is 182 cm³/mol. The summed E-state index contributed by atoms with van der Waals surface area (Å²) < 4.78 is 31.9. The smallest absolute Gasteiger partial charge is 0.458 e. The normalized spacial score (nSPS) is 14.9. The molecule has 0 amide bonds. The summed E-state index contributed by atoms with van der Waals surface area (Å²) in [5.41, 5.74) is 5.25. The Morgan fingerprint density at radius 3 is 1.64 bits per heavy atom. The molecule has 0 aliphatic heterocycles. The van der Waals surface area contributed by atoms with Crippen LogP contribution in [0.25, 0.3) is 0 Å². The second-order valence-electron chi connectivity index (χ2n) is 10.0. The number of phosphoric ester groups is 1. The molecule has 250 valence electrons. The van der Waals surface area contributed by atoms with E-state index in [1.165, 1.54) is 6.92 Å². The van der Waals surface area contributed by atoms with E-state index in [-0.39, 0.29) is 26.4 Å². The number of allylic oxidation sites excluding steroid dienone is 14. The van der Waals surface area contributed by atoms with E-state index < -0.39 is 19.9 Å². The first kappa shape index (κ1) is 41.7. The molecule has 3 N–H and O–H groups in total. The van der Waals surface area contributed by atoms with Gasteiger partial charge in [-0.15, -0.1) is 0 Å². The molecule has 0 aliphatic rings. The Kier molecular flexibility index (Phi) is 30.4. The van der Waals surface area contributed by atoms with E-state index in [2.05, 4.69) is 96.5 Å². The predicted octanol–water partition coefficient (Wildman–Crippen LogP) is 8.62. The zero-order valence-corrected chi connectivity index (χ0v) is 28.0. The van der Waals surface area contributed by atoms with Crippen LogP contribution in [0.1, 0.15) is 90.9 Å². The quantitative estimate of drug-likeness (QED) is 0.0363. The zero-order chi connectivity index (χ0) is 32.4. The van der Waals surface area contributed by atoms with Crippen LogP contribution in [0.5, 0.6) is 0 Å². The van der Waals surface area contributed by atoms with E-state index in [4.69, 9.17) is 19.7 Å². The maximum Gasteiger partial charge on any atom is 0.472 e. The topological polar surface area (TPSA) is 117 Å². The van der Waals surface area contributed by atoms with Crippen molar-refractivity contribution in [1.29, 1.82) is 0 Å². The minimum absolute atomic E-state index is 0.0772. The lowest BCUT2D eigenvalue weighted by Crippen LogP contribution is -2.27. The summed E-state index contributed by atoms with van der Waals surface area (Å²) in [6.07, 6.45) is 42.4. The van der Waals surface area contributed by atoms with Gasteiger partial charge in [-0.05, 0) is 64.2 Å². The average molecular weight is 636 g/mol. The Labute approximate surface area is 267 Å². The molecule has 2 atom stereocenters. The number of unbranched alkanes of at least 4 members (excludes halogenated alkanes) is 4. The maximum atomic E-state index is 11.7. The first-order valence-electron chi connectivity index (χ1n) is 16.0. The summed E-state index contributed by atoms with van der Waals surface area (Å²) in [6, 6.07) is 0. The van der Waals surface area contributed by atoms with Crippen molar-refractivity contribution < 1.29 is 32.8 Å². The maximum absolute atomic E-state index is 11.7. The van der Waals surface area contributed by atoms with Gasteiger partial charge in [0.15, 0.2) is 0 Å². The minimum Gasteiger partial charge on any atom is -0.458 e. The summed E-state index contributed by atoms with van der Waals surface area (Å²) in [6.45, 7) is 3.67. The fourth-order valence-electron chi connectivity index (χ4n) is 3.68. The number of hydrogen-bond acceptors (Lipinski definition) is 7. The van der Waals surface area contributed by atoms with Gasteiger partial charge in [-0.2, -0.15) is 0 Å². The highest BCUT2D eigenvalue weighted by atomic mass is 31.2. The van der Waals surface area contributed by atoms with Crippen molar-refractivity contribution in [3.63, 3.8) is 0 Å². The first-order chi connectivity index (χ1) is 21.4. The minimum atomic E-state index is -4.24. The summed E-state index contributed by atoms with van der Waals surface area (Å²) in [5.74, 6) is -0.522. The van der Waals surface area contributed by atoms with Crippen molar-refractivity contribution in [2.45, 2.75) is 97.0 Å². The number of esters is 1. The molecule has 0 bridgehead atoms. The van der Waals surface area contributed by atoms with Gasteiger partial charge in [-0.25, -0.2) is 4.57 Å². The molecule has 0 aromatic heterocycles. The largest absolute Gasteiger partial charge is 0.472 e. The van der Waals surface area contributed by atoms with Crippen molar-refractivity contribution >= 4 is 13.8 Å². The third kappa shape index (κ3) is 32.6. The molecule has 0 aliphatic carbocycles. The zero-order valence-electron chi connectivity index (χ0n) is 27.1. The summed E-state index contributed by atoms with van der Waals surface area (Å²) in [5, 5.41) is 0. The van der Waals surface area contributed by atoms with Gasteiger partial charge < -0.3 is 20.1 Å². The van der Waals surface area contributed by atoms with Crippen LogP contribution >= 0.6 is 7.82 Å². The fraction of sp³-hybridized carbons (Fsp3) is 0.571. The number of ether oxygens (including phenoxy) is 2. The second-order valence-corrected chi connectivity index (χ2v) is 11.5. The molecule has 0 rings (SSSR count). The van der Waals surface area contributed by atoms with E-state index in [0.29, 0.717) is 6.61 Å². The molecule has 0 saturated heterocycles. The van der Waals surface area contributed by atoms with Crippen LogP contribution in [0.15, 0.2) is 85.1 Å². The van der Waals surface area contributed by atoms with E-state index in [1.54, 1.807) is 0 Å². The second kappa shape index (κ2) is 32.1. The van der Waals surface area contributed by atoms with Crippen LogP contribution in [0.4, 0.5) is 0 Å². The van der Waals surface area contributed by atoms with Crippen molar-refractivity contribution in [2.75, 3.05) is 33.0 Å². The lowest BCUT2D eigenvalue weighted by Gasteiger charge is -2.19. The molecule has 2 unspecified atom stereocenters. The summed E-state index contributed by atoms with van der Waals surface area (Å²) >= 11 is 0. The third-order valence-corrected chi connectivity index (χ3v) is 6.86. The van der Waals surface area contributed by atoms with Crippen LogP contribution in [0.3, 0.4) is 0 Å². The van der Waals surface area contributed by atoms with Gasteiger partial charge in [0.25, 0.3) is 0 Å². The van der Waals surface area contributed by atoms with E-state index in [0.717, 1.165) is 77.0 Å². The Bertz CT molecular complexity index is 937. The van der Waals surface area contributed by atoms with Gasteiger partial charge in [0, 0.05) is 20.1 Å². The summed E-state index contributed by atoms with van der Waals surface area (Å²) in [4.78, 5) is 20.8. The van der Waals surface area contributed by atoms with Crippen LogP contribution < -0.4 is 5.73 Å². The Balaban J connectivity index is 3.73. The molecule has 0 heterocycles.